The van der Waals surface area contributed by atoms with Gasteiger partial charge in [0.15, 0.2) is 0 Å². The zero-order valence-electron chi connectivity index (χ0n) is 29.1. The fourth-order valence-electron chi connectivity index (χ4n) is 5.30. The molecule has 0 aliphatic heterocycles. The van der Waals surface area contributed by atoms with Gasteiger partial charge in [0.25, 0.3) is 5.69 Å². The molecule has 47 heavy (non-hydrogen) atoms. The number of nitrogens with one attached hydrogen (secondary N) is 2. The molecule has 0 spiro atoms. The molecule has 0 amide bonds. The third-order valence-corrected chi connectivity index (χ3v) is 8.94. The Hall–Kier alpha value is -3.14. The molecule has 15 heteroatoms. The number of rotatable bonds is 14. The molecular weight excluding hydrogens is 632 g/mol. The first-order chi connectivity index (χ1) is 21.5. The molecule has 0 bridgehead atoms. The second-order valence-corrected chi connectivity index (χ2v) is 16.8. The van der Waals surface area contributed by atoms with Gasteiger partial charge in [0.2, 0.25) is 9.84 Å². The van der Waals surface area contributed by atoms with Crippen LogP contribution < -0.4 is 10.6 Å². The lowest BCUT2D eigenvalue weighted by Gasteiger charge is -2.41. The van der Waals surface area contributed by atoms with Crippen molar-refractivity contribution >= 4 is 33.4 Å². The normalized spacial score (nSPS) is 18.3. The van der Waals surface area contributed by atoms with Crippen molar-refractivity contribution in [2.75, 3.05) is 26.2 Å². The number of esters is 3. The Labute approximate surface area is 278 Å². The Morgan fingerprint density at radius 1 is 0.872 bits per heavy atom. The number of hydrogen-bond donors (Lipinski definition) is 2. The highest BCUT2D eigenvalue weighted by molar-refractivity contribution is 7.92. The molecule has 0 aromatic heterocycles. The number of carbonyl (C=O) groups is 3. The number of benzene rings is 1. The fraction of sp³-hybridized carbons (Fsp3) is 0.719. The van der Waals surface area contributed by atoms with Gasteiger partial charge in [-0.25, -0.2) is 8.42 Å². The maximum Gasteiger partial charge on any atom is 0.320 e. The first-order valence-electron chi connectivity index (χ1n) is 15.8. The predicted molar refractivity (Wildman–Crippen MR) is 175 cm³/mol. The molecule has 1 aromatic rings. The molecule has 1 aliphatic carbocycles. The average molecular weight is 685 g/mol. The predicted octanol–water partition coefficient (Wildman–Crippen LogP) is 3.51. The smallest absolute Gasteiger partial charge is 0.320 e. The highest BCUT2D eigenvalue weighted by Crippen LogP contribution is 2.29. The number of hydrogen-bond acceptors (Lipinski definition) is 13. The molecule has 1 saturated carbocycles. The summed E-state index contributed by atoms with van der Waals surface area (Å²) in [7, 11) is -4.53. The van der Waals surface area contributed by atoms with Gasteiger partial charge in [-0.15, -0.1) is 0 Å². The summed E-state index contributed by atoms with van der Waals surface area (Å²) in [5.74, 6) is -1.80. The van der Waals surface area contributed by atoms with Gasteiger partial charge in [0, 0.05) is 24.7 Å². The van der Waals surface area contributed by atoms with Crippen molar-refractivity contribution in [3.63, 3.8) is 0 Å². The minimum atomic E-state index is -4.53. The molecule has 266 valence electrons. The van der Waals surface area contributed by atoms with E-state index in [2.05, 4.69) is 10.6 Å². The molecule has 1 unspecified atom stereocenters. The molecule has 1 fully saturated rings. The van der Waals surface area contributed by atoms with E-state index in [9.17, 15) is 32.9 Å². The molecule has 0 heterocycles. The number of nitro groups is 1. The van der Waals surface area contributed by atoms with E-state index in [0.29, 0.717) is 12.8 Å². The van der Waals surface area contributed by atoms with Gasteiger partial charge < -0.3 is 19.5 Å². The van der Waals surface area contributed by atoms with Crippen molar-refractivity contribution in [3.8, 4) is 0 Å². The standard InChI is InChI=1S/C32H52N4O10S/c1-30(2,3)44-27(37)18-33-22-14-10-11-15-23(22)35(21-29(39)46-32(7,8)9)20-26(34-19-28(38)45-31(4,5)6)47(42,43)25-17-13-12-16-24(25)36(40)41/h12-13,16-17,22-23,26,33-34H,10-11,14-15,18-21H2,1-9H3/t22-,23-,26?/m1/s1. The van der Waals surface area contributed by atoms with Gasteiger partial charge in [-0.2, -0.15) is 0 Å². The van der Waals surface area contributed by atoms with Gasteiger partial charge in [0.05, 0.1) is 24.6 Å². The number of ether oxygens (including phenoxy) is 3. The van der Waals surface area contributed by atoms with Crippen molar-refractivity contribution in [1.82, 2.24) is 15.5 Å². The summed E-state index contributed by atoms with van der Waals surface area (Å²) >= 11 is 0. The van der Waals surface area contributed by atoms with Crippen molar-refractivity contribution in [2.24, 2.45) is 0 Å². The minimum absolute atomic E-state index is 0.104. The second-order valence-electron chi connectivity index (χ2n) is 14.7. The SMILES string of the molecule is CC(C)(C)OC(=O)CNC(CN(CC(=O)OC(C)(C)C)[C@@H]1CCCC[C@H]1NCC(=O)OC(C)(C)C)S(=O)(=O)c1ccccc1[N+](=O)[O-]. The molecule has 14 nitrogen and oxygen atoms in total. The zero-order chi connectivity index (χ0) is 35.8. The first-order valence-corrected chi connectivity index (χ1v) is 17.4. The van der Waals surface area contributed by atoms with Crippen LogP contribution in [0, 0.1) is 10.1 Å². The number of nitro benzene ring substituents is 1. The van der Waals surface area contributed by atoms with Crippen LogP contribution in [0.5, 0.6) is 0 Å². The van der Waals surface area contributed by atoms with E-state index in [1.807, 2.05) is 0 Å². The Bertz CT molecular complexity index is 1360. The van der Waals surface area contributed by atoms with E-state index in [1.165, 1.54) is 12.1 Å². The summed E-state index contributed by atoms with van der Waals surface area (Å²) in [4.78, 5) is 50.6. The van der Waals surface area contributed by atoms with Crippen LogP contribution in [0.4, 0.5) is 5.69 Å². The van der Waals surface area contributed by atoms with E-state index >= 15 is 0 Å². The summed E-state index contributed by atoms with van der Waals surface area (Å²) in [6.45, 7) is 14.2. The van der Waals surface area contributed by atoms with Crippen molar-refractivity contribution in [3.05, 3.63) is 34.4 Å². The number of para-hydroxylation sites is 1. The van der Waals surface area contributed by atoms with Crippen LogP contribution in [-0.4, -0.2) is 96.6 Å². The van der Waals surface area contributed by atoms with Crippen LogP contribution in [0.15, 0.2) is 29.2 Å². The summed E-state index contributed by atoms with van der Waals surface area (Å²) in [6.07, 6.45) is 2.79. The average Bonchev–Trinajstić information content (AvgIpc) is 2.90. The summed E-state index contributed by atoms with van der Waals surface area (Å²) in [5, 5.41) is 16.3. The lowest BCUT2D eigenvalue weighted by molar-refractivity contribution is -0.387. The topological polar surface area (TPSA) is 183 Å². The molecule has 3 atom stereocenters. The molecule has 2 rings (SSSR count). The minimum Gasteiger partial charge on any atom is -0.459 e. The van der Waals surface area contributed by atoms with Gasteiger partial charge in [-0.3, -0.25) is 34.7 Å². The van der Waals surface area contributed by atoms with E-state index in [-0.39, 0.29) is 25.7 Å². The number of carbonyl (C=O) groups excluding carboxylic acids is 3. The summed E-state index contributed by atoms with van der Waals surface area (Å²) in [5.41, 5.74) is -2.97. The van der Waals surface area contributed by atoms with Crippen LogP contribution in [0.2, 0.25) is 0 Å². The maximum absolute atomic E-state index is 14.2. The maximum atomic E-state index is 14.2. The highest BCUT2D eigenvalue weighted by Gasteiger charge is 2.39. The molecular formula is C32H52N4O10S. The third-order valence-electron chi connectivity index (χ3n) is 6.92. The van der Waals surface area contributed by atoms with Gasteiger partial charge in [-0.1, -0.05) is 25.0 Å². The molecule has 0 radical (unpaired) electrons. The van der Waals surface area contributed by atoms with Gasteiger partial charge >= 0.3 is 17.9 Å². The summed E-state index contributed by atoms with van der Waals surface area (Å²) < 4.78 is 44.8. The lowest BCUT2D eigenvalue weighted by atomic mass is 9.89. The molecule has 2 N–H and O–H groups in total. The monoisotopic (exact) mass is 684 g/mol. The van der Waals surface area contributed by atoms with Crippen LogP contribution in [0.3, 0.4) is 0 Å². The molecule has 1 aliphatic rings. The Balaban J connectivity index is 2.54. The molecule has 1 aromatic carbocycles. The Morgan fingerprint density at radius 3 is 1.94 bits per heavy atom. The van der Waals surface area contributed by atoms with Crippen LogP contribution >= 0.6 is 0 Å². The van der Waals surface area contributed by atoms with E-state index in [1.54, 1.807) is 67.2 Å². The Kier molecular flexibility index (Phi) is 13.9. The van der Waals surface area contributed by atoms with E-state index < -0.39 is 78.0 Å². The van der Waals surface area contributed by atoms with E-state index in [4.69, 9.17) is 14.2 Å². The fourth-order valence-corrected chi connectivity index (χ4v) is 7.00. The van der Waals surface area contributed by atoms with Crippen LogP contribution in [0.1, 0.15) is 88.0 Å². The quantitative estimate of drug-likeness (QED) is 0.126. The number of sulfone groups is 1. The summed E-state index contributed by atoms with van der Waals surface area (Å²) in [6, 6.07) is 4.19. The highest BCUT2D eigenvalue weighted by atomic mass is 32.2. The first kappa shape index (κ1) is 40.0. The number of nitrogens with zero attached hydrogens (tertiary/aromatic N) is 2. The van der Waals surface area contributed by atoms with E-state index in [0.717, 1.165) is 25.0 Å². The lowest BCUT2D eigenvalue weighted by Crippen LogP contribution is -2.58. The second kappa shape index (κ2) is 16.3. The van der Waals surface area contributed by atoms with Gasteiger partial charge in [0.1, 0.15) is 27.1 Å². The third kappa shape index (κ3) is 13.9. The van der Waals surface area contributed by atoms with Gasteiger partial charge in [-0.05, 0) is 81.2 Å². The molecule has 0 saturated heterocycles. The zero-order valence-corrected chi connectivity index (χ0v) is 29.9. The van der Waals surface area contributed by atoms with Crippen molar-refractivity contribution in [2.45, 2.75) is 127 Å². The van der Waals surface area contributed by atoms with Crippen LogP contribution in [-0.2, 0) is 38.4 Å². The van der Waals surface area contributed by atoms with Crippen molar-refractivity contribution < 1.29 is 41.9 Å². The van der Waals surface area contributed by atoms with Crippen LogP contribution in [0.25, 0.3) is 0 Å². The van der Waals surface area contributed by atoms with Crippen molar-refractivity contribution in [1.29, 1.82) is 0 Å². The largest absolute Gasteiger partial charge is 0.459 e. The Morgan fingerprint density at radius 2 is 1.38 bits per heavy atom.